The maximum Gasteiger partial charge on any atom is 0.411 e. The van der Waals surface area contributed by atoms with Crippen molar-refractivity contribution in [2.45, 2.75) is 33.3 Å². The fourth-order valence-corrected chi connectivity index (χ4v) is 2.76. The lowest BCUT2D eigenvalue weighted by atomic mass is 10.2. The van der Waals surface area contributed by atoms with Crippen LogP contribution in [0.3, 0.4) is 0 Å². The van der Waals surface area contributed by atoms with Gasteiger partial charge in [-0.3, -0.25) is 10.1 Å². The molecule has 0 bridgehead atoms. The number of hydrogen-bond donors (Lipinski definition) is 1. The van der Waals surface area contributed by atoms with Crippen LogP contribution in [-0.4, -0.2) is 17.0 Å². The molecule has 0 aliphatic carbocycles. The van der Waals surface area contributed by atoms with Gasteiger partial charge in [-0.2, -0.15) is 0 Å². The smallest absolute Gasteiger partial charge is 0.411 e. The SMILES string of the molecule is CCCCSC(=O)/C=C(/C)NC(=O)OCc1ccc(Cl)c(Cl)c1. The summed E-state index contributed by atoms with van der Waals surface area (Å²) in [6, 6.07) is 4.99. The maximum absolute atomic E-state index is 11.7. The van der Waals surface area contributed by atoms with E-state index in [0.717, 1.165) is 24.2 Å². The van der Waals surface area contributed by atoms with E-state index in [1.165, 1.54) is 17.8 Å². The number of ether oxygens (including phenoxy) is 1. The van der Waals surface area contributed by atoms with Crippen LogP contribution in [0.15, 0.2) is 30.0 Å². The van der Waals surface area contributed by atoms with Crippen LogP contribution in [0.1, 0.15) is 32.3 Å². The van der Waals surface area contributed by atoms with Gasteiger partial charge < -0.3 is 4.74 Å². The molecule has 1 aromatic rings. The lowest BCUT2D eigenvalue weighted by Crippen LogP contribution is -2.22. The molecule has 4 nitrogen and oxygen atoms in total. The second kappa shape index (κ2) is 10.6. The number of nitrogens with one attached hydrogen (secondary N) is 1. The predicted octanol–water partition coefficient (Wildman–Crippen LogP) is 5.18. The van der Waals surface area contributed by atoms with Gasteiger partial charge in [-0.25, -0.2) is 4.79 Å². The second-order valence-electron chi connectivity index (χ2n) is 4.80. The van der Waals surface area contributed by atoms with Gasteiger partial charge in [0.15, 0.2) is 0 Å². The average Bonchev–Trinajstić information content (AvgIpc) is 2.48. The van der Waals surface area contributed by atoms with Crippen LogP contribution in [-0.2, 0) is 16.1 Å². The van der Waals surface area contributed by atoms with Gasteiger partial charge in [0.25, 0.3) is 0 Å². The number of amides is 1. The van der Waals surface area contributed by atoms with Gasteiger partial charge >= 0.3 is 6.09 Å². The number of thioether (sulfide) groups is 1. The lowest BCUT2D eigenvalue weighted by Gasteiger charge is -2.08. The highest BCUT2D eigenvalue weighted by Gasteiger charge is 2.06. The molecule has 0 saturated carbocycles. The van der Waals surface area contributed by atoms with Crippen LogP contribution in [0.4, 0.5) is 4.79 Å². The molecule has 1 aromatic carbocycles. The molecule has 7 heteroatoms. The van der Waals surface area contributed by atoms with Crippen LogP contribution < -0.4 is 5.32 Å². The average molecular weight is 376 g/mol. The van der Waals surface area contributed by atoms with Gasteiger partial charge in [0, 0.05) is 17.5 Å². The van der Waals surface area contributed by atoms with Gasteiger partial charge in [-0.1, -0.05) is 54.4 Å². The minimum Gasteiger partial charge on any atom is -0.444 e. The van der Waals surface area contributed by atoms with Crippen LogP contribution in [0, 0.1) is 0 Å². The van der Waals surface area contributed by atoms with Crippen molar-refractivity contribution in [1.29, 1.82) is 0 Å². The highest BCUT2D eigenvalue weighted by Crippen LogP contribution is 2.22. The van der Waals surface area contributed by atoms with E-state index in [1.54, 1.807) is 25.1 Å². The first-order valence-corrected chi connectivity index (χ1v) is 8.89. The number of hydrogen-bond acceptors (Lipinski definition) is 4. The number of carbonyl (C=O) groups is 2. The van der Waals surface area contributed by atoms with Gasteiger partial charge in [0.05, 0.1) is 10.0 Å². The van der Waals surface area contributed by atoms with E-state index in [2.05, 4.69) is 12.2 Å². The molecule has 126 valence electrons. The molecule has 0 aromatic heterocycles. The van der Waals surface area contributed by atoms with Crippen molar-refractivity contribution in [3.05, 3.63) is 45.6 Å². The Labute approximate surface area is 150 Å². The first-order valence-electron chi connectivity index (χ1n) is 7.15. The third-order valence-corrected chi connectivity index (χ3v) is 4.36. The zero-order valence-electron chi connectivity index (χ0n) is 13.0. The van der Waals surface area contributed by atoms with Gasteiger partial charge in [0.2, 0.25) is 5.12 Å². The van der Waals surface area contributed by atoms with E-state index in [-0.39, 0.29) is 11.7 Å². The molecule has 0 heterocycles. The van der Waals surface area contributed by atoms with Crippen molar-refractivity contribution in [3.8, 4) is 0 Å². The summed E-state index contributed by atoms with van der Waals surface area (Å²) >= 11 is 12.9. The summed E-state index contributed by atoms with van der Waals surface area (Å²) in [5.41, 5.74) is 1.17. The standard InChI is InChI=1S/C16H19Cl2NO3S/c1-3-4-7-23-15(20)8-11(2)19-16(21)22-10-12-5-6-13(17)14(18)9-12/h5-6,8-9H,3-4,7,10H2,1-2H3,(H,19,21)/b11-8-. The monoisotopic (exact) mass is 375 g/mol. The maximum atomic E-state index is 11.7. The van der Waals surface area contributed by atoms with Crippen LogP contribution >= 0.6 is 35.0 Å². The van der Waals surface area contributed by atoms with Gasteiger partial charge in [-0.15, -0.1) is 0 Å². The van der Waals surface area contributed by atoms with Crippen molar-refractivity contribution >= 4 is 46.2 Å². The molecule has 0 radical (unpaired) electrons. The molecular weight excluding hydrogens is 357 g/mol. The number of allylic oxidation sites excluding steroid dienone is 1. The Morgan fingerprint density at radius 1 is 1.30 bits per heavy atom. The van der Waals surface area contributed by atoms with E-state index >= 15 is 0 Å². The van der Waals surface area contributed by atoms with E-state index in [9.17, 15) is 9.59 Å². The summed E-state index contributed by atoms with van der Waals surface area (Å²) < 4.78 is 5.06. The van der Waals surface area contributed by atoms with Crippen molar-refractivity contribution < 1.29 is 14.3 Å². The summed E-state index contributed by atoms with van der Waals surface area (Å²) in [5.74, 6) is 0.779. The van der Waals surface area contributed by atoms with Gasteiger partial charge in [-0.05, 0) is 31.0 Å². The van der Waals surface area contributed by atoms with Crippen LogP contribution in [0.2, 0.25) is 10.0 Å². The van der Waals surface area contributed by atoms with Crippen molar-refractivity contribution in [2.75, 3.05) is 5.75 Å². The first kappa shape index (κ1) is 19.9. The minimum absolute atomic E-state index is 0.0647. The molecule has 0 unspecified atom stereocenters. The van der Waals surface area contributed by atoms with Crippen molar-refractivity contribution in [3.63, 3.8) is 0 Å². The third-order valence-electron chi connectivity index (χ3n) is 2.73. The van der Waals surface area contributed by atoms with Gasteiger partial charge in [0.1, 0.15) is 6.61 Å². The van der Waals surface area contributed by atoms with Crippen molar-refractivity contribution in [2.24, 2.45) is 0 Å². The van der Waals surface area contributed by atoms with E-state index in [4.69, 9.17) is 27.9 Å². The zero-order chi connectivity index (χ0) is 17.2. The number of benzene rings is 1. The quantitative estimate of drug-likeness (QED) is 0.526. The summed E-state index contributed by atoms with van der Waals surface area (Å²) in [5, 5.41) is 3.27. The number of unbranched alkanes of at least 4 members (excludes halogenated alkanes) is 1. The predicted molar refractivity (Wildman–Crippen MR) is 95.9 cm³/mol. The summed E-state index contributed by atoms with van der Waals surface area (Å²) in [6.45, 7) is 3.77. The van der Waals surface area contributed by atoms with E-state index < -0.39 is 6.09 Å². The van der Waals surface area contributed by atoms with Crippen LogP contribution in [0.5, 0.6) is 0 Å². The molecule has 0 spiro atoms. The Balaban J connectivity index is 2.40. The number of rotatable bonds is 7. The Kier molecular flexibility index (Phi) is 9.14. The molecule has 0 fully saturated rings. The number of carbonyl (C=O) groups excluding carboxylic acids is 2. The molecule has 0 aliphatic rings. The highest BCUT2D eigenvalue weighted by molar-refractivity contribution is 8.14. The topological polar surface area (TPSA) is 55.4 Å². The summed E-state index contributed by atoms with van der Waals surface area (Å²) in [4.78, 5) is 23.3. The lowest BCUT2D eigenvalue weighted by molar-refractivity contribution is -0.107. The largest absolute Gasteiger partial charge is 0.444 e. The molecule has 1 rings (SSSR count). The molecule has 0 saturated heterocycles. The third kappa shape index (κ3) is 8.30. The summed E-state index contributed by atoms with van der Waals surface area (Å²) in [6.07, 6.45) is 2.79. The molecule has 1 amide bonds. The minimum atomic E-state index is -0.629. The normalized spacial score (nSPS) is 11.2. The molecule has 1 N–H and O–H groups in total. The fourth-order valence-electron chi connectivity index (χ4n) is 1.55. The first-order chi connectivity index (χ1) is 10.9. The molecule has 0 atom stereocenters. The molecule has 0 aliphatic heterocycles. The fraction of sp³-hybridized carbons (Fsp3) is 0.375. The Morgan fingerprint density at radius 3 is 2.70 bits per heavy atom. The Hall–Kier alpha value is -1.17. The Morgan fingerprint density at radius 2 is 2.04 bits per heavy atom. The summed E-state index contributed by atoms with van der Waals surface area (Å²) in [7, 11) is 0. The number of alkyl carbamates (subject to hydrolysis) is 1. The zero-order valence-corrected chi connectivity index (χ0v) is 15.4. The Bertz CT molecular complexity index is 591. The molecule has 23 heavy (non-hydrogen) atoms. The van der Waals surface area contributed by atoms with Crippen molar-refractivity contribution in [1.82, 2.24) is 5.32 Å². The second-order valence-corrected chi connectivity index (χ2v) is 6.71. The van der Waals surface area contributed by atoms with E-state index in [1.807, 2.05) is 0 Å². The highest BCUT2D eigenvalue weighted by atomic mass is 35.5. The van der Waals surface area contributed by atoms with E-state index in [0.29, 0.717) is 15.7 Å². The van der Waals surface area contributed by atoms with Crippen LogP contribution in [0.25, 0.3) is 0 Å². The number of halogens is 2. The molecular formula is C16H19Cl2NO3S.